The topological polar surface area (TPSA) is 80.2 Å². The molecule has 0 saturated carbocycles. The Kier molecular flexibility index (Phi) is 5.47. The quantitative estimate of drug-likeness (QED) is 0.525. The number of carbonyl (C=O) groups is 1. The first-order valence-electron chi connectivity index (χ1n) is 10.6. The summed E-state index contributed by atoms with van der Waals surface area (Å²) in [4.78, 5) is 28.5. The van der Waals surface area contributed by atoms with Crippen molar-refractivity contribution in [3.63, 3.8) is 0 Å². The zero-order chi connectivity index (χ0) is 21.9. The molecule has 1 aromatic carbocycles. The van der Waals surface area contributed by atoms with Crippen molar-refractivity contribution in [3.8, 4) is 0 Å². The Morgan fingerprint density at radius 3 is 2.81 bits per heavy atom. The highest BCUT2D eigenvalue weighted by molar-refractivity contribution is 6.05. The summed E-state index contributed by atoms with van der Waals surface area (Å²) in [5, 5.41) is 5.17. The first kappa shape index (κ1) is 20.1. The van der Waals surface area contributed by atoms with Gasteiger partial charge in [-0.3, -0.25) is 14.8 Å². The lowest BCUT2D eigenvalue weighted by Crippen LogP contribution is -2.42. The van der Waals surface area contributed by atoms with Gasteiger partial charge in [0.1, 0.15) is 17.6 Å². The molecular weight excluding hydrogens is 402 g/mol. The van der Waals surface area contributed by atoms with Crippen LogP contribution in [0.3, 0.4) is 0 Å². The number of benzene rings is 1. The van der Waals surface area contributed by atoms with Gasteiger partial charge in [0.25, 0.3) is 5.91 Å². The average Bonchev–Trinajstić information content (AvgIpc) is 2.83. The smallest absolute Gasteiger partial charge is 0.273 e. The van der Waals surface area contributed by atoms with Crippen LogP contribution in [0.5, 0.6) is 0 Å². The van der Waals surface area contributed by atoms with Crippen LogP contribution in [0.1, 0.15) is 28.0 Å². The molecule has 1 fully saturated rings. The highest BCUT2D eigenvalue weighted by atomic mass is 16.5. The van der Waals surface area contributed by atoms with E-state index in [1.54, 1.807) is 17.3 Å². The third-order valence-electron chi connectivity index (χ3n) is 5.47. The van der Waals surface area contributed by atoms with Crippen molar-refractivity contribution >= 4 is 28.2 Å². The number of nitrogens with one attached hydrogen (secondary N) is 1. The highest BCUT2D eigenvalue weighted by Crippen LogP contribution is 2.27. The zero-order valence-corrected chi connectivity index (χ0v) is 17.7. The molecule has 0 aliphatic carbocycles. The molecule has 0 radical (unpaired) electrons. The lowest BCUT2D eigenvalue weighted by molar-refractivity contribution is -0.0248. The molecule has 3 aromatic heterocycles. The van der Waals surface area contributed by atoms with Gasteiger partial charge in [0.2, 0.25) is 0 Å². The fraction of sp³-hybridized carbons (Fsp3) is 0.200. The summed E-state index contributed by atoms with van der Waals surface area (Å²) >= 11 is 0. The molecule has 4 aromatic rings. The number of hydrogen-bond donors (Lipinski definition) is 1. The van der Waals surface area contributed by atoms with Crippen LogP contribution in [0, 0.1) is 6.92 Å². The Balaban J connectivity index is 1.38. The maximum atomic E-state index is 13.3. The van der Waals surface area contributed by atoms with Crippen molar-refractivity contribution in [1.82, 2.24) is 19.9 Å². The SMILES string of the molecule is Cc1cc(Nc2ccccn2)cc([C@@H]2CN(C(=O)c3nccc4ccccc34)CCO2)n1. The number of amides is 1. The molecule has 1 N–H and O–H groups in total. The van der Waals surface area contributed by atoms with E-state index < -0.39 is 0 Å². The molecule has 0 spiro atoms. The van der Waals surface area contributed by atoms with Gasteiger partial charge in [0.05, 0.1) is 18.8 Å². The number of fused-ring (bicyclic) bond motifs is 1. The van der Waals surface area contributed by atoms with E-state index in [0.29, 0.717) is 25.4 Å². The van der Waals surface area contributed by atoms with Crippen LogP contribution in [-0.4, -0.2) is 45.5 Å². The van der Waals surface area contributed by atoms with E-state index in [1.807, 2.05) is 67.6 Å². The second kappa shape index (κ2) is 8.72. The fourth-order valence-electron chi connectivity index (χ4n) is 3.97. The summed E-state index contributed by atoms with van der Waals surface area (Å²) in [6.07, 6.45) is 3.11. The molecule has 1 aliphatic rings. The van der Waals surface area contributed by atoms with Crippen molar-refractivity contribution in [2.75, 3.05) is 25.0 Å². The van der Waals surface area contributed by atoms with E-state index in [0.717, 1.165) is 33.7 Å². The summed E-state index contributed by atoms with van der Waals surface area (Å²) in [6, 6.07) is 19.4. The van der Waals surface area contributed by atoms with Gasteiger partial charge >= 0.3 is 0 Å². The number of nitrogens with zero attached hydrogens (tertiary/aromatic N) is 4. The predicted molar refractivity (Wildman–Crippen MR) is 123 cm³/mol. The van der Waals surface area contributed by atoms with Crippen LogP contribution in [0.15, 0.2) is 73.1 Å². The number of pyridine rings is 3. The van der Waals surface area contributed by atoms with Crippen LogP contribution >= 0.6 is 0 Å². The zero-order valence-electron chi connectivity index (χ0n) is 17.7. The number of rotatable bonds is 4. The number of aromatic nitrogens is 3. The first-order valence-corrected chi connectivity index (χ1v) is 10.6. The largest absolute Gasteiger partial charge is 0.368 e. The minimum atomic E-state index is -0.313. The van der Waals surface area contributed by atoms with E-state index in [2.05, 4.69) is 20.3 Å². The molecule has 7 nitrogen and oxygen atoms in total. The van der Waals surface area contributed by atoms with Crippen LogP contribution < -0.4 is 5.32 Å². The van der Waals surface area contributed by atoms with Gasteiger partial charge in [-0.15, -0.1) is 0 Å². The average molecular weight is 425 g/mol. The molecule has 1 aliphatic heterocycles. The number of carbonyl (C=O) groups excluding carboxylic acids is 1. The number of morpholine rings is 1. The van der Waals surface area contributed by atoms with Gasteiger partial charge in [0.15, 0.2) is 0 Å². The molecule has 0 unspecified atom stereocenters. The van der Waals surface area contributed by atoms with E-state index in [1.165, 1.54) is 0 Å². The third kappa shape index (κ3) is 4.15. The Bertz CT molecular complexity index is 1260. The van der Waals surface area contributed by atoms with Gasteiger partial charge < -0.3 is 15.0 Å². The first-order chi connectivity index (χ1) is 15.7. The van der Waals surface area contributed by atoms with E-state index >= 15 is 0 Å². The van der Waals surface area contributed by atoms with Crippen molar-refractivity contribution in [2.24, 2.45) is 0 Å². The van der Waals surface area contributed by atoms with Crippen molar-refractivity contribution in [1.29, 1.82) is 0 Å². The summed E-state index contributed by atoms with van der Waals surface area (Å²) in [5.74, 6) is 0.669. The minimum Gasteiger partial charge on any atom is -0.368 e. The third-order valence-corrected chi connectivity index (χ3v) is 5.47. The van der Waals surface area contributed by atoms with Gasteiger partial charge in [-0.2, -0.15) is 0 Å². The lowest BCUT2D eigenvalue weighted by atomic mass is 10.1. The molecular formula is C25H23N5O2. The summed E-state index contributed by atoms with van der Waals surface area (Å²) in [7, 11) is 0. The summed E-state index contributed by atoms with van der Waals surface area (Å²) < 4.78 is 6.01. The van der Waals surface area contributed by atoms with Crippen LogP contribution in [0.25, 0.3) is 10.8 Å². The fourth-order valence-corrected chi connectivity index (χ4v) is 3.97. The van der Waals surface area contributed by atoms with Crippen molar-refractivity contribution in [2.45, 2.75) is 13.0 Å². The molecule has 7 heteroatoms. The van der Waals surface area contributed by atoms with Crippen molar-refractivity contribution < 1.29 is 9.53 Å². The van der Waals surface area contributed by atoms with E-state index in [4.69, 9.17) is 4.74 Å². The van der Waals surface area contributed by atoms with Gasteiger partial charge in [0, 0.05) is 35.7 Å². The van der Waals surface area contributed by atoms with Crippen LogP contribution in [0.4, 0.5) is 11.5 Å². The normalized spacial score (nSPS) is 16.2. The summed E-state index contributed by atoms with van der Waals surface area (Å²) in [6.45, 7) is 3.33. The highest BCUT2D eigenvalue weighted by Gasteiger charge is 2.28. The summed E-state index contributed by atoms with van der Waals surface area (Å²) in [5.41, 5.74) is 3.00. The Morgan fingerprint density at radius 1 is 1.06 bits per heavy atom. The predicted octanol–water partition coefficient (Wildman–Crippen LogP) is 4.29. The molecule has 0 bridgehead atoms. The van der Waals surface area contributed by atoms with Gasteiger partial charge in [-0.05, 0) is 42.6 Å². The molecule has 32 heavy (non-hydrogen) atoms. The maximum Gasteiger partial charge on any atom is 0.273 e. The second-order valence-corrected chi connectivity index (χ2v) is 7.75. The van der Waals surface area contributed by atoms with Crippen molar-refractivity contribution in [3.05, 3.63) is 90.1 Å². The van der Waals surface area contributed by atoms with Gasteiger partial charge in [-0.25, -0.2) is 4.98 Å². The van der Waals surface area contributed by atoms with Crippen LogP contribution in [0.2, 0.25) is 0 Å². The molecule has 1 atom stereocenters. The Hall–Kier alpha value is -3.84. The lowest BCUT2D eigenvalue weighted by Gasteiger charge is -2.33. The Labute approximate surface area is 186 Å². The number of ether oxygens (including phenoxy) is 1. The minimum absolute atomic E-state index is 0.0883. The molecule has 160 valence electrons. The van der Waals surface area contributed by atoms with E-state index in [-0.39, 0.29) is 12.0 Å². The molecule has 5 rings (SSSR count). The number of aryl methyl sites for hydroxylation is 1. The monoisotopic (exact) mass is 425 g/mol. The molecule has 1 saturated heterocycles. The van der Waals surface area contributed by atoms with Crippen LogP contribution in [-0.2, 0) is 4.74 Å². The number of anilines is 2. The molecule has 4 heterocycles. The van der Waals surface area contributed by atoms with E-state index in [9.17, 15) is 4.79 Å². The second-order valence-electron chi connectivity index (χ2n) is 7.75. The number of hydrogen-bond acceptors (Lipinski definition) is 6. The Morgan fingerprint density at radius 2 is 1.94 bits per heavy atom. The standard InChI is InChI=1S/C25H23N5O2/c1-17-14-19(29-23-8-4-5-10-26-23)15-21(28-17)22-16-30(12-13-32-22)25(31)24-20-7-3-2-6-18(20)9-11-27-24/h2-11,14-15,22H,12-13,16H2,1H3,(H,26,28,29)/t22-/m0/s1. The maximum absolute atomic E-state index is 13.3. The van der Waals surface area contributed by atoms with Gasteiger partial charge in [-0.1, -0.05) is 30.3 Å². The molecule has 1 amide bonds.